The second-order valence-corrected chi connectivity index (χ2v) is 10.2. The first-order valence-corrected chi connectivity index (χ1v) is 12.2. The van der Waals surface area contributed by atoms with Crippen LogP contribution < -0.4 is 15.1 Å². The lowest BCUT2D eigenvalue weighted by Crippen LogP contribution is -2.42. The number of amides is 3. The number of rotatable bonds is 10. The fourth-order valence-electron chi connectivity index (χ4n) is 4.25. The molecular weight excluding hydrogens is 448 g/mol. The molecule has 1 N–H and O–H groups in total. The Morgan fingerprint density at radius 1 is 1.17 bits per heavy atom. The molecule has 1 aromatic rings. The Kier molecular flexibility index (Phi) is 10.1. The molecule has 1 aliphatic heterocycles. The van der Waals surface area contributed by atoms with Crippen LogP contribution in [0.2, 0.25) is 0 Å². The highest BCUT2D eigenvalue weighted by Gasteiger charge is 2.27. The third-order valence-electron chi connectivity index (χ3n) is 6.35. The molecule has 0 spiro atoms. The first kappa shape index (κ1) is 28.1. The summed E-state index contributed by atoms with van der Waals surface area (Å²) in [5.41, 5.74) is 2.04. The fraction of sp³-hybridized carbons (Fsp3) is 0.615. The average molecular weight is 489 g/mol. The zero-order chi connectivity index (χ0) is 26.2. The molecule has 9 heteroatoms. The Bertz CT molecular complexity index is 890. The van der Waals surface area contributed by atoms with Crippen LogP contribution in [-0.2, 0) is 25.5 Å². The molecule has 2 rings (SSSR count). The van der Waals surface area contributed by atoms with Crippen LogP contribution in [0.25, 0.3) is 0 Å². The number of piperidine rings is 1. The van der Waals surface area contributed by atoms with Crippen LogP contribution >= 0.6 is 0 Å². The van der Waals surface area contributed by atoms with E-state index in [1.807, 2.05) is 43.9 Å². The summed E-state index contributed by atoms with van der Waals surface area (Å²) < 4.78 is 5.48. The zero-order valence-corrected chi connectivity index (χ0v) is 21.9. The highest BCUT2D eigenvalue weighted by Crippen LogP contribution is 2.32. The van der Waals surface area contributed by atoms with E-state index in [2.05, 4.69) is 5.32 Å². The molecule has 0 bridgehead atoms. The van der Waals surface area contributed by atoms with Gasteiger partial charge in [0.05, 0.1) is 17.4 Å². The fourth-order valence-corrected chi connectivity index (χ4v) is 4.25. The van der Waals surface area contributed by atoms with E-state index in [1.165, 1.54) is 4.90 Å². The van der Waals surface area contributed by atoms with Crippen molar-refractivity contribution in [2.24, 2.45) is 5.92 Å². The molecule has 194 valence electrons. The van der Waals surface area contributed by atoms with Crippen LogP contribution in [-0.4, -0.2) is 75.5 Å². The normalized spacial score (nSPS) is 15.2. The van der Waals surface area contributed by atoms with Gasteiger partial charge in [-0.25, -0.2) is 4.79 Å². The highest BCUT2D eigenvalue weighted by atomic mass is 16.6. The molecule has 0 aromatic heterocycles. The van der Waals surface area contributed by atoms with Crippen LogP contribution in [0.4, 0.5) is 16.2 Å². The molecule has 1 atom stereocenters. The van der Waals surface area contributed by atoms with Gasteiger partial charge in [0.1, 0.15) is 11.9 Å². The van der Waals surface area contributed by atoms with E-state index in [0.29, 0.717) is 31.1 Å². The van der Waals surface area contributed by atoms with Gasteiger partial charge in [-0.1, -0.05) is 6.07 Å². The third-order valence-corrected chi connectivity index (χ3v) is 6.35. The van der Waals surface area contributed by atoms with Gasteiger partial charge in [-0.15, -0.1) is 0 Å². The molecule has 1 aliphatic rings. The predicted octanol–water partition coefficient (Wildman–Crippen LogP) is 3.00. The highest BCUT2D eigenvalue weighted by molar-refractivity contribution is 5.85. The van der Waals surface area contributed by atoms with Crippen molar-refractivity contribution in [2.75, 3.05) is 44.0 Å². The van der Waals surface area contributed by atoms with Crippen molar-refractivity contribution in [3.63, 3.8) is 0 Å². The topological polar surface area (TPSA) is 99.3 Å². The monoisotopic (exact) mass is 488 g/mol. The van der Waals surface area contributed by atoms with Crippen molar-refractivity contribution in [1.29, 1.82) is 0 Å². The van der Waals surface area contributed by atoms with Gasteiger partial charge in [0, 0.05) is 40.7 Å². The number of hydrogen-bond acceptors (Lipinski definition) is 6. The number of nitrogens with one attached hydrogen (secondary N) is 1. The molecule has 0 saturated carbocycles. The molecule has 9 nitrogen and oxygen atoms in total. The molecule has 3 amide bonds. The van der Waals surface area contributed by atoms with Gasteiger partial charge in [-0.2, -0.15) is 0 Å². The van der Waals surface area contributed by atoms with E-state index >= 15 is 0 Å². The number of anilines is 2. The number of ether oxygens (including phenoxy) is 1. The summed E-state index contributed by atoms with van der Waals surface area (Å²) in [5.74, 6) is 0.297. The molecule has 35 heavy (non-hydrogen) atoms. The average Bonchev–Trinajstić information content (AvgIpc) is 2.82. The minimum Gasteiger partial charge on any atom is -0.444 e. The van der Waals surface area contributed by atoms with Crippen molar-refractivity contribution in [3.8, 4) is 0 Å². The number of hydrogen-bond donors (Lipinski definition) is 1. The summed E-state index contributed by atoms with van der Waals surface area (Å²) in [4.78, 5) is 52.4. The Balaban J connectivity index is 2.10. The molecule has 0 aliphatic carbocycles. The maximum absolute atomic E-state index is 12.3. The Morgan fingerprint density at radius 2 is 1.83 bits per heavy atom. The number of carbonyl (C=O) groups is 4. The van der Waals surface area contributed by atoms with E-state index in [4.69, 9.17) is 4.74 Å². The standard InChI is InChI=1S/C26H40N4O5/c1-26(2,3)35-25(34)30-13-11-19(12-14-30)15-20-7-9-22(23(16-20)28(5)18-32)29(6)21(17-31)8-10-24(33)27-4/h7,9,16-19,21H,8,10-15H2,1-6H3,(H,27,33). The van der Waals surface area contributed by atoms with Gasteiger partial charge in [0.25, 0.3) is 0 Å². The maximum atomic E-state index is 12.3. The second-order valence-electron chi connectivity index (χ2n) is 10.2. The number of likely N-dealkylation sites (N-methyl/N-ethyl adjacent to an activating group) is 1. The van der Waals surface area contributed by atoms with Crippen LogP contribution in [0.5, 0.6) is 0 Å². The minimum atomic E-state index is -0.505. The van der Waals surface area contributed by atoms with Crippen molar-refractivity contribution >= 4 is 36.1 Å². The number of aldehydes is 1. The number of carbonyl (C=O) groups excluding carboxylic acids is 4. The number of nitrogens with zero attached hydrogens (tertiary/aromatic N) is 3. The molecule has 1 heterocycles. The molecular formula is C26H40N4O5. The van der Waals surface area contributed by atoms with Gasteiger partial charge in [0.2, 0.25) is 12.3 Å². The summed E-state index contributed by atoms with van der Waals surface area (Å²) in [7, 11) is 5.05. The smallest absolute Gasteiger partial charge is 0.410 e. The SMILES string of the molecule is CNC(=O)CCC(C=O)N(C)c1ccc(CC2CCN(C(=O)OC(C)(C)C)CC2)cc1N(C)C=O. The van der Waals surface area contributed by atoms with Gasteiger partial charge < -0.3 is 29.5 Å². The molecule has 1 unspecified atom stereocenters. The quantitative estimate of drug-likeness (QED) is 0.509. The van der Waals surface area contributed by atoms with Gasteiger partial charge in [-0.05, 0) is 70.1 Å². The maximum Gasteiger partial charge on any atom is 0.410 e. The summed E-state index contributed by atoms with van der Waals surface area (Å²) in [6, 6.07) is 5.45. The molecule has 0 radical (unpaired) electrons. The van der Waals surface area contributed by atoms with Crippen molar-refractivity contribution < 1.29 is 23.9 Å². The Hall–Kier alpha value is -3.10. The lowest BCUT2D eigenvalue weighted by molar-refractivity contribution is -0.120. The van der Waals surface area contributed by atoms with E-state index in [0.717, 1.165) is 43.2 Å². The van der Waals surface area contributed by atoms with E-state index in [-0.39, 0.29) is 18.4 Å². The summed E-state index contributed by atoms with van der Waals surface area (Å²) >= 11 is 0. The van der Waals surface area contributed by atoms with E-state index < -0.39 is 11.6 Å². The van der Waals surface area contributed by atoms with Gasteiger partial charge >= 0.3 is 6.09 Å². The lowest BCUT2D eigenvalue weighted by atomic mass is 9.90. The second kappa shape index (κ2) is 12.6. The van der Waals surface area contributed by atoms with Crippen LogP contribution in [0.15, 0.2) is 18.2 Å². The summed E-state index contributed by atoms with van der Waals surface area (Å²) in [6.07, 6.45) is 4.53. The molecule has 1 aromatic carbocycles. The van der Waals surface area contributed by atoms with Crippen molar-refractivity contribution in [1.82, 2.24) is 10.2 Å². The van der Waals surface area contributed by atoms with Gasteiger partial charge in [-0.3, -0.25) is 9.59 Å². The van der Waals surface area contributed by atoms with Crippen molar-refractivity contribution in [2.45, 2.75) is 64.5 Å². The Morgan fingerprint density at radius 3 is 2.37 bits per heavy atom. The zero-order valence-electron chi connectivity index (χ0n) is 21.9. The predicted molar refractivity (Wildman–Crippen MR) is 137 cm³/mol. The summed E-state index contributed by atoms with van der Waals surface area (Å²) in [5, 5.41) is 2.57. The number of benzene rings is 1. The van der Waals surface area contributed by atoms with Crippen LogP contribution in [0.3, 0.4) is 0 Å². The van der Waals surface area contributed by atoms with E-state index in [9.17, 15) is 19.2 Å². The Labute approximate surface area is 208 Å². The number of likely N-dealkylation sites (tertiary alicyclic amines) is 1. The van der Waals surface area contributed by atoms with Gasteiger partial charge in [0.15, 0.2) is 0 Å². The molecule has 1 saturated heterocycles. The molecule has 1 fully saturated rings. The van der Waals surface area contributed by atoms with Crippen molar-refractivity contribution in [3.05, 3.63) is 23.8 Å². The first-order chi connectivity index (χ1) is 16.5. The first-order valence-electron chi connectivity index (χ1n) is 12.2. The lowest BCUT2D eigenvalue weighted by Gasteiger charge is -2.34. The van der Waals surface area contributed by atoms with E-state index in [1.54, 1.807) is 26.0 Å². The van der Waals surface area contributed by atoms with Crippen LogP contribution in [0.1, 0.15) is 52.0 Å². The minimum absolute atomic E-state index is 0.122. The summed E-state index contributed by atoms with van der Waals surface area (Å²) in [6.45, 7) is 6.92. The largest absolute Gasteiger partial charge is 0.444 e. The van der Waals surface area contributed by atoms with Crippen LogP contribution in [0, 0.1) is 5.92 Å². The third kappa shape index (κ3) is 8.26.